The van der Waals surface area contributed by atoms with Crippen LogP contribution >= 0.6 is 0 Å². The number of amides is 2. The fraction of sp³-hybridized carbons (Fsp3) is 0.333. The fourth-order valence-electron chi connectivity index (χ4n) is 3.07. The third-order valence-electron chi connectivity index (χ3n) is 4.87. The summed E-state index contributed by atoms with van der Waals surface area (Å²) in [4.78, 5) is 37.4. The number of hydrogen-bond donors (Lipinski definition) is 3. The Hall–Kier alpha value is -4.06. The normalized spacial score (nSPS) is 12.8. The van der Waals surface area contributed by atoms with Crippen molar-refractivity contribution in [2.75, 3.05) is 31.4 Å². The highest BCUT2D eigenvalue weighted by molar-refractivity contribution is 6.01. The second kappa shape index (κ2) is 10.0. The predicted molar refractivity (Wildman–Crippen MR) is 119 cm³/mol. The highest BCUT2D eigenvalue weighted by Gasteiger charge is 2.27. The van der Waals surface area contributed by atoms with Crippen LogP contribution in [0.2, 0.25) is 0 Å². The molecule has 3 N–H and O–H groups in total. The summed E-state index contributed by atoms with van der Waals surface area (Å²) in [6.45, 7) is 0.810. The van der Waals surface area contributed by atoms with E-state index in [0.29, 0.717) is 30.4 Å². The van der Waals surface area contributed by atoms with Crippen molar-refractivity contribution >= 4 is 29.1 Å². The highest BCUT2D eigenvalue weighted by atomic mass is 16.6. The first kappa shape index (κ1) is 22.1. The van der Waals surface area contributed by atoms with Gasteiger partial charge in [-0.3, -0.25) is 14.8 Å². The molecule has 3 aromatic rings. The van der Waals surface area contributed by atoms with Crippen LogP contribution in [0.25, 0.3) is 0 Å². The van der Waals surface area contributed by atoms with Crippen molar-refractivity contribution in [2.24, 2.45) is 0 Å². The van der Waals surface area contributed by atoms with Gasteiger partial charge in [-0.2, -0.15) is 5.10 Å². The van der Waals surface area contributed by atoms with Crippen LogP contribution in [-0.2, 0) is 11.3 Å². The standard InChI is InChI=1S/C21H24N8O4/c1-22-19(30)18-17(11-29(28-18)7-8-32-2)27-21(31)33-20-16(25-14-9-23-12-24-10-14)6-5-15(26-20)13-3-4-13/h5-6,9-13,25H,3-4,7-8H2,1-2H3,(H,22,30)(H,27,31). The summed E-state index contributed by atoms with van der Waals surface area (Å²) in [7, 11) is 3.05. The van der Waals surface area contributed by atoms with Gasteiger partial charge in [0.2, 0.25) is 5.88 Å². The molecular weight excluding hydrogens is 428 g/mol. The minimum Gasteiger partial charge on any atom is -0.389 e. The van der Waals surface area contributed by atoms with E-state index in [0.717, 1.165) is 18.5 Å². The van der Waals surface area contributed by atoms with Gasteiger partial charge in [0.15, 0.2) is 5.69 Å². The summed E-state index contributed by atoms with van der Waals surface area (Å²) >= 11 is 0. The SMILES string of the molecule is CNC(=O)c1nn(CCOC)cc1NC(=O)Oc1nc(C2CC2)ccc1Nc1cncnc1. The van der Waals surface area contributed by atoms with Gasteiger partial charge in [0.25, 0.3) is 5.91 Å². The Bertz CT molecular complexity index is 1130. The minimum atomic E-state index is -0.806. The van der Waals surface area contributed by atoms with Crippen molar-refractivity contribution in [3.63, 3.8) is 0 Å². The molecule has 0 bridgehead atoms. The molecule has 2 amide bonds. The van der Waals surface area contributed by atoms with Gasteiger partial charge in [-0.05, 0) is 25.0 Å². The molecule has 3 heterocycles. The van der Waals surface area contributed by atoms with Crippen LogP contribution < -0.4 is 20.7 Å². The van der Waals surface area contributed by atoms with E-state index in [2.05, 4.69) is 36.0 Å². The summed E-state index contributed by atoms with van der Waals surface area (Å²) in [5.74, 6) is 0.0270. The van der Waals surface area contributed by atoms with Crippen LogP contribution in [0.3, 0.4) is 0 Å². The van der Waals surface area contributed by atoms with Crippen molar-refractivity contribution in [1.29, 1.82) is 0 Å². The van der Waals surface area contributed by atoms with Crippen LogP contribution in [0, 0.1) is 0 Å². The van der Waals surface area contributed by atoms with Gasteiger partial charge < -0.3 is 20.1 Å². The molecule has 0 aromatic carbocycles. The van der Waals surface area contributed by atoms with E-state index in [1.807, 2.05) is 6.07 Å². The first-order valence-corrected chi connectivity index (χ1v) is 10.4. The van der Waals surface area contributed by atoms with E-state index in [9.17, 15) is 9.59 Å². The lowest BCUT2D eigenvalue weighted by Gasteiger charge is -2.13. The quantitative estimate of drug-likeness (QED) is 0.445. The largest absolute Gasteiger partial charge is 0.418 e. The lowest BCUT2D eigenvalue weighted by Crippen LogP contribution is -2.23. The average Bonchev–Trinajstić information content (AvgIpc) is 3.60. The molecule has 3 aromatic heterocycles. The summed E-state index contributed by atoms with van der Waals surface area (Å²) < 4.78 is 12.1. The second-order valence-corrected chi connectivity index (χ2v) is 7.36. The monoisotopic (exact) mass is 452 g/mol. The lowest BCUT2D eigenvalue weighted by atomic mass is 10.2. The van der Waals surface area contributed by atoms with Crippen LogP contribution in [0.5, 0.6) is 5.88 Å². The summed E-state index contributed by atoms with van der Waals surface area (Å²) in [6.07, 6.45) is 7.44. The number of carbonyl (C=O) groups is 2. The van der Waals surface area contributed by atoms with E-state index in [4.69, 9.17) is 9.47 Å². The molecule has 33 heavy (non-hydrogen) atoms. The maximum atomic E-state index is 12.8. The van der Waals surface area contributed by atoms with Gasteiger partial charge in [0.1, 0.15) is 12.0 Å². The molecule has 1 aliphatic rings. The third-order valence-corrected chi connectivity index (χ3v) is 4.87. The fourth-order valence-corrected chi connectivity index (χ4v) is 3.07. The van der Waals surface area contributed by atoms with Crippen molar-refractivity contribution in [1.82, 2.24) is 30.0 Å². The van der Waals surface area contributed by atoms with Crippen molar-refractivity contribution in [3.8, 4) is 5.88 Å². The maximum absolute atomic E-state index is 12.8. The molecule has 0 aliphatic heterocycles. The Labute approximate surface area is 189 Å². The van der Waals surface area contributed by atoms with Gasteiger partial charge in [0.05, 0.1) is 36.9 Å². The van der Waals surface area contributed by atoms with E-state index in [-0.39, 0.29) is 17.3 Å². The van der Waals surface area contributed by atoms with Crippen LogP contribution in [0.4, 0.5) is 21.9 Å². The van der Waals surface area contributed by atoms with Crippen LogP contribution in [0.15, 0.2) is 37.1 Å². The number of ether oxygens (including phenoxy) is 2. The van der Waals surface area contributed by atoms with Gasteiger partial charge in [-0.1, -0.05) is 0 Å². The van der Waals surface area contributed by atoms with Crippen molar-refractivity contribution in [2.45, 2.75) is 25.3 Å². The van der Waals surface area contributed by atoms with Crippen LogP contribution in [0.1, 0.15) is 34.9 Å². The smallest absolute Gasteiger partial charge is 0.389 e. The van der Waals surface area contributed by atoms with E-state index in [1.165, 1.54) is 18.1 Å². The Morgan fingerprint density at radius 1 is 1.18 bits per heavy atom. The number of carbonyl (C=O) groups excluding carboxylic acids is 2. The number of aromatic nitrogens is 5. The molecule has 0 saturated heterocycles. The van der Waals surface area contributed by atoms with Crippen LogP contribution in [-0.4, -0.2) is 57.5 Å². The second-order valence-electron chi connectivity index (χ2n) is 7.36. The maximum Gasteiger partial charge on any atom is 0.418 e. The summed E-state index contributed by atoms with van der Waals surface area (Å²) in [5, 5.41) is 12.4. The van der Waals surface area contributed by atoms with Gasteiger partial charge in [-0.15, -0.1) is 0 Å². The number of anilines is 3. The molecule has 0 atom stereocenters. The molecule has 12 heteroatoms. The number of methoxy groups -OCH3 is 1. The molecule has 0 spiro atoms. The molecule has 0 unspecified atom stereocenters. The van der Waals surface area contributed by atoms with E-state index < -0.39 is 12.0 Å². The molecule has 1 aliphatic carbocycles. The zero-order chi connectivity index (χ0) is 23.2. The zero-order valence-electron chi connectivity index (χ0n) is 18.2. The lowest BCUT2D eigenvalue weighted by molar-refractivity contribution is 0.0957. The molecule has 12 nitrogen and oxygen atoms in total. The van der Waals surface area contributed by atoms with Crippen molar-refractivity contribution < 1.29 is 19.1 Å². The molecule has 1 fully saturated rings. The van der Waals surface area contributed by atoms with Gasteiger partial charge in [0, 0.05) is 32.0 Å². The van der Waals surface area contributed by atoms with Gasteiger partial charge in [-0.25, -0.2) is 19.7 Å². The number of rotatable bonds is 9. The summed E-state index contributed by atoms with van der Waals surface area (Å²) in [5.41, 5.74) is 2.22. The number of hydrogen-bond acceptors (Lipinski definition) is 9. The third kappa shape index (κ3) is 5.60. The topological polar surface area (TPSA) is 145 Å². The zero-order valence-corrected chi connectivity index (χ0v) is 18.2. The Balaban J connectivity index is 1.54. The molecule has 4 rings (SSSR count). The van der Waals surface area contributed by atoms with E-state index >= 15 is 0 Å². The molecule has 172 valence electrons. The number of pyridine rings is 1. The Morgan fingerprint density at radius 3 is 2.67 bits per heavy atom. The minimum absolute atomic E-state index is 0.0602. The predicted octanol–water partition coefficient (Wildman–Crippen LogP) is 2.31. The highest BCUT2D eigenvalue weighted by Crippen LogP contribution is 2.41. The molecule has 1 saturated carbocycles. The first-order chi connectivity index (χ1) is 16.1. The number of nitrogens with zero attached hydrogens (tertiary/aromatic N) is 5. The molecule has 0 radical (unpaired) electrons. The van der Waals surface area contributed by atoms with Crippen molar-refractivity contribution in [3.05, 3.63) is 48.4 Å². The van der Waals surface area contributed by atoms with Gasteiger partial charge >= 0.3 is 6.09 Å². The Morgan fingerprint density at radius 2 is 1.97 bits per heavy atom. The number of nitrogens with one attached hydrogen (secondary N) is 3. The average molecular weight is 452 g/mol. The van der Waals surface area contributed by atoms with E-state index in [1.54, 1.807) is 31.8 Å². The molecular formula is C21H24N8O4. The summed E-state index contributed by atoms with van der Waals surface area (Å²) in [6, 6.07) is 3.70. The first-order valence-electron chi connectivity index (χ1n) is 10.4. The Kier molecular flexibility index (Phi) is 6.74.